The lowest BCUT2D eigenvalue weighted by molar-refractivity contribution is 0.108. The minimum absolute atomic E-state index is 0.0939. The molecule has 0 spiro atoms. The van der Waals surface area contributed by atoms with Gasteiger partial charge in [0, 0.05) is 13.1 Å². The number of urea groups is 1. The van der Waals surface area contributed by atoms with Crippen LogP contribution >= 0.6 is 0 Å². The molecule has 0 radical (unpaired) electrons. The lowest BCUT2D eigenvalue weighted by Gasteiger charge is -2.14. The van der Waals surface area contributed by atoms with E-state index in [4.69, 9.17) is 9.47 Å². The van der Waals surface area contributed by atoms with Crippen LogP contribution in [0.1, 0.15) is 5.56 Å². The Morgan fingerprint density at radius 2 is 1.72 bits per heavy atom. The third-order valence-electron chi connectivity index (χ3n) is 3.54. The molecule has 25 heavy (non-hydrogen) atoms. The topological polar surface area (TPSA) is 79.8 Å². The van der Waals surface area contributed by atoms with Crippen molar-refractivity contribution in [3.63, 3.8) is 0 Å². The highest BCUT2D eigenvalue weighted by Crippen LogP contribution is 2.16. The van der Waals surface area contributed by atoms with E-state index in [1.54, 1.807) is 31.4 Å². The molecule has 0 fully saturated rings. The summed E-state index contributed by atoms with van der Waals surface area (Å²) in [6.07, 6.45) is -0.0285. The Hall–Kier alpha value is -2.73. The first-order chi connectivity index (χ1) is 12.2. The van der Waals surface area contributed by atoms with Gasteiger partial charge in [0.1, 0.15) is 24.2 Å². The Morgan fingerprint density at radius 1 is 1.04 bits per heavy atom. The number of aliphatic hydroxyl groups excluding tert-OH is 1. The summed E-state index contributed by atoms with van der Waals surface area (Å²) in [4.78, 5) is 11.7. The lowest BCUT2D eigenvalue weighted by atomic mass is 10.1. The second kappa shape index (κ2) is 10.2. The zero-order valence-electron chi connectivity index (χ0n) is 14.3. The Balaban J connectivity index is 1.58. The van der Waals surface area contributed by atoms with Crippen LogP contribution in [0.5, 0.6) is 11.5 Å². The van der Waals surface area contributed by atoms with Crippen LogP contribution in [0.4, 0.5) is 4.79 Å². The van der Waals surface area contributed by atoms with Gasteiger partial charge in [0.05, 0.1) is 7.11 Å². The molecule has 1 unspecified atom stereocenters. The average Bonchev–Trinajstić information content (AvgIpc) is 2.66. The molecule has 2 amide bonds. The van der Waals surface area contributed by atoms with E-state index in [1.165, 1.54) is 0 Å². The number of carbonyl (C=O) groups is 1. The summed E-state index contributed by atoms with van der Waals surface area (Å²) in [5.74, 6) is 1.37. The van der Waals surface area contributed by atoms with E-state index < -0.39 is 6.10 Å². The number of hydrogen-bond donors (Lipinski definition) is 3. The van der Waals surface area contributed by atoms with Gasteiger partial charge in [-0.2, -0.15) is 0 Å². The number of benzene rings is 2. The standard InChI is InChI=1S/C19H24N2O4/c1-24-17-7-9-18(10-8-17)25-14-16(22)13-21-19(23)20-12-11-15-5-3-2-4-6-15/h2-10,16,22H,11-14H2,1H3,(H2,20,21,23). The largest absolute Gasteiger partial charge is 0.497 e. The highest BCUT2D eigenvalue weighted by Gasteiger charge is 2.08. The highest BCUT2D eigenvalue weighted by atomic mass is 16.5. The van der Waals surface area contributed by atoms with Crippen molar-refractivity contribution in [1.29, 1.82) is 0 Å². The molecule has 6 heteroatoms. The number of ether oxygens (including phenoxy) is 2. The summed E-state index contributed by atoms with van der Waals surface area (Å²) >= 11 is 0. The van der Waals surface area contributed by atoms with E-state index in [0.29, 0.717) is 12.3 Å². The average molecular weight is 344 g/mol. The third-order valence-corrected chi connectivity index (χ3v) is 3.54. The van der Waals surface area contributed by atoms with E-state index in [1.807, 2.05) is 30.3 Å². The number of amides is 2. The Labute approximate surface area is 147 Å². The molecule has 0 heterocycles. The third kappa shape index (κ3) is 7.14. The SMILES string of the molecule is COc1ccc(OCC(O)CNC(=O)NCCc2ccccc2)cc1. The molecule has 6 nitrogen and oxygen atoms in total. The Morgan fingerprint density at radius 3 is 2.40 bits per heavy atom. The predicted octanol–water partition coefficient (Wildman–Crippen LogP) is 1.98. The zero-order chi connectivity index (χ0) is 17.9. The molecule has 1 atom stereocenters. The molecule has 134 valence electrons. The van der Waals surface area contributed by atoms with E-state index in [2.05, 4.69) is 10.6 Å². The summed E-state index contributed by atoms with van der Waals surface area (Å²) < 4.78 is 10.5. The van der Waals surface area contributed by atoms with E-state index >= 15 is 0 Å². The predicted molar refractivity (Wildman–Crippen MR) is 96.0 cm³/mol. The van der Waals surface area contributed by atoms with Crippen LogP contribution in [-0.4, -0.2) is 44.0 Å². The smallest absolute Gasteiger partial charge is 0.314 e. The van der Waals surface area contributed by atoms with Gasteiger partial charge in [0.2, 0.25) is 0 Å². The van der Waals surface area contributed by atoms with Crippen molar-refractivity contribution in [2.75, 3.05) is 26.8 Å². The van der Waals surface area contributed by atoms with Gasteiger partial charge in [0.15, 0.2) is 0 Å². The number of methoxy groups -OCH3 is 1. The highest BCUT2D eigenvalue weighted by molar-refractivity contribution is 5.73. The fraction of sp³-hybridized carbons (Fsp3) is 0.316. The molecule has 0 saturated heterocycles. The molecule has 2 aromatic rings. The quantitative estimate of drug-likeness (QED) is 0.650. The van der Waals surface area contributed by atoms with Crippen molar-refractivity contribution in [2.45, 2.75) is 12.5 Å². The number of carbonyl (C=O) groups excluding carboxylic acids is 1. The van der Waals surface area contributed by atoms with E-state index in [9.17, 15) is 9.90 Å². The van der Waals surface area contributed by atoms with Crippen LogP contribution in [0.15, 0.2) is 54.6 Å². The maximum Gasteiger partial charge on any atom is 0.314 e. The number of hydrogen-bond acceptors (Lipinski definition) is 4. The molecule has 0 bridgehead atoms. The molecule has 2 rings (SSSR count). The second-order valence-electron chi connectivity index (χ2n) is 5.51. The summed E-state index contributed by atoms with van der Waals surface area (Å²) in [5, 5.41) is 15.3. The molecule has 3 N–H and O–H groups in total. The summed E-state index contributed by atoms with van der Waals surface area (Å²) in [7, 11) is 1.59. The van der Waals surface area contributed by atoms with Crippen LogP contribution < -0.4 is 20.1 Å². The first kappa shape index (κ1) is 18.6. The molecule has 0 aliphatic carbocycles. The summed E-state index contributed by atoms with van der Waals surface area (Å²) in [6, 6.07) is 16.7. The van der Waals surface area contributed by atoms with Gasteiger partial charge in [0.25, 0.3) is 0 Å². The van der Waals surface area contributed by atoms with Gasteiger partial charge < -0.3 is 25.2 Å². The van der Waals surface area contributed by atoms with Crippen molar-refractivity contribution in [1.82, 2.24) is 10.6 Å². The first-order valence-corrected chi connectivity index (χ1v) is 8.18. The Kier molecular flexibility index (Phi) is 7.59. The van der Waals surface area contributed by atoms with Crippen LogP contribution in [0, 0.1) is 0 Å². The fourth-order valence-electron chi connectivity index (χ4n) is 2.16. The molecule has 0 saturated carbocycles. The van der Waals surface area contributed by atoms with Gasteiger partial charge in [-0.15, -0.1) is 0 Å². The van der Waals surface area contributed by atoms with E-state index in [-0.39, 0.29) is 19.2 Å². The fourth-order valence-corrected chi connectivity index (χ4v) is 2.16. The van der Waals surface area contributed by atoms with E-state index in [0.717, 1.165) is 17.7 Å². The maximum atomic E-state index is 11.7. The summed E-state index contributed by atoms with van der Waals surface area (Å²) in [5.41, 5.74) is 1.16. The van der Waals surface area contributed by atoms with Gasteiger partial charge in [-0.25, -0.2) is 4.79 Å². The monoisotopic (exact) mass is 344 g/mol. The lowest BCUT2D eigenvalue weighted by Crippen LogP contribution is -2.41. The molecule has 0 aliphatic rings. The summed E-state index contributed by atoms with van der Waals surface area (Å²) in [6.45, 7) is 0.748. The molecule has 0 aromatic heterocycles. The van der Waals surface area contributed by atoms with Crippen molar-refractivity contribution in [2.24, 2.45) is 0 Å². The van der Waals surface area contributed by atoms with Crippen molar-refractivity contribution in [3.05, 3.63) is 60.2 Å². The van der Waals surface area contributed by atoms with Gasteiger partial charge >= 0.3 is 6.03 Å². The minimum atomic E-state index is -0.790. The normalized spacial score (nSPS) is 11.4. The Bertz CT molecular complexity index is 632. The second-order valence-corrected chi connectivity index (χ2v) is 5.51. The van der Waals surface area contributed by atoms with Crippen LogP contribution in [0.3, 0.4) is 0 Å². The molecular weight excluding hydrogens is 320 g/mol. The first-order valence-electron chi connectivity index (χ1n) is 8.18. The van der Waals surface area contributed by atoms with Gasteiger partial charge in [-0.05, 0) is 36.2 Å². The van der Waals surface area contributed by atoms with Crippen molar-refractivity contribution < 1.29 is 19.4 Å². The van der Waals surface area contributed by atoms with Crippen molar-refractivity contribution in [3.8, 4) is 11.5 Å². The van der Waals surface area contributed by atoms with Crippen LogP contribution in [0.25, 0.3) is 0 Å². The minimum Gasteiger partial charge on any atom is -0.497 e. The molecular formula is C19H24N2O4. The van der Waals surface area contributed by atoms with Gasteiger partial charge in [-0.3, -0.25) is 0 Å². The number of rotatable bonds is 9. The van der Waals surface area contributed by atoms with Crippen LogP contribution in [-0.2, 0) is 6.42 Å². The number of nitrogens with one attached hydrogen (secondary N) is 2. The van der Waals surface area contributed by atoms with Crippen molar-refractivity contribution >= 4 is 6.03 Å². The zero-order valence-corrected chi connectivity index (χ0v) is 14.3. The molecule has 0 aliphatic heterocycles. The molecule has 2 aromatic carbocycles. The van der Waals surface area contributed by atoms with Crippen LogP contribution in [0.2, 0.25) is 0 Å². The maximum absolute atomic E-state index is 11.7. The van der Waals surface area contributed by atoms with Gasteiger partial charge in [-0.1, -0.05) is 30.3 Å². The number of aliphatic hydroxyl groups is 1.